The van der Waals surface area contributed by atoms with Crippen molar-refractivity contribution in [2.24, 2.45) is 0 Å². The van der Waals surface area contributed by atoms with Crippen molar-refractivity contribution < 1.29 is 23.8 Å². The number of methoxy groups -OCH3 is 3. The smallest absolute Gasteiger partial charge is 0.336 e. The molecule has 0 aliphatic carbocycles. The Kier molecular flexibility index (Phi) is 6.11. The third-order valence-corrected chi connectivity index (χ3v) is 5.49. The maximum absolute atomic E-state index is 12.8. The molecule has 1 N–H and O–H groups in total. The Labute approximate surface area is 165 Å². The summed E-state index contributed by atoms with van der Waals surface area (Å²) >= 11 is 0. The molecule has 152 valence electrons. The second-order valence-electron chi connectivity index (χ2n) is 7.02. The molecule has 2 heterocycles. The highest BCUT2D eigenvalue weighted by molar-refractivity contribution is 6.01. The predicted molar refractivity (Wildman–Crippen MR) is 105 cm³/mol. The van der Waals surface area contributed by atoms with E-state index >= 15 is 0 Å². The molecule has 1 saturated heterocycles. The van der Waals surface area contributed by atoms with Gasteiger partial charge in [0.25, 0.3) is 0 Å². The van der Waals surface area contributed by atoms with Gasteiger partial charge in [0.15, 0.2) is 11.5 Å². The Hall–Kier alpha value is -2.70. The van der Waals surface area contributed by atoms with E-state index in [-0.39, 0.29) is 18.1 Å². The van der Waals surface area contributed by atoms with E-state index in [1.807, 2.05) is 30.0 Å². The maximum atomic E-state index is 12.8. The zero-order chi connectivity index (χ0) is 20.3. The van der Waals surface area contributed by atoms with Crippen LogP contribution < -0.4 is 14.8 Å². The Balaban J connectivity index is 2.10. The van der Waals surface area contributed by atoms with Crippen LogP contribution in [0.4, 0.5) is 4.79 Å². The van der Waals surface area contributed by atoms with Gasteiger partial charge >= 0.3 is 12.0 Å². The van der Waals surface area contributed by atoms with E-state index in [0.29, 0.717) is 30.0 Å². The van der Waals surface area contributed by atoms with Crippen molar-refractivity contribution in [3.05, 3.63) is 29.3 Å². The summed E-state index contributed by atoms with van der Waals surface area (Å²) in [5.74, 6) is 0.787. The standard InChI is InChI=1S/C21H28N2O5/c1-5-11-22-21(25)23-13-9-10-16(23)18(20(24)28-4)15(12-13)14-7-6-8-17(26-2)19(14)27-3/h6-8,13,16H,5,9-12H2,1-4H3,(H,22,25). The van der Waals surface area contributed by atoms with Crippen LogP contribution >= 0.6 is 0 Å². The number of nitrogens with zero attached hydrogens (tertiary/aromatic N) is 1. The molecule has 2 aliphatic rings. The number of ether oxygens (including phenoxy) is 3. The van der Waals surface area contributed by atoms with Gasteiger partial charge in [-0.3, -0.25) is 0 Å². The third-order valence-electron chi connectivity index (χ3n) is 5.49. The van der Waals surface area contributed by atoms with Crippen molar-refractivity contribution in [1.82, 2.24) is 10.2 Å². The number of fused-ring (bicyclic) bond motifs is 2. The highest BCUT2D eigenvalue weighted by atomic mass is 16.5. The first-order chi connectivity index (χ1) is 13.6. The van der Waals surface area contributed by atoms with Gasteiger partial charge in [-0.25, -0.2) is 9.59 Å². The highest BCUT2D eigenvalue weighted by Gasteiger charge is 2.47. The quantitative estimate of drug-likeness (QED) is 0.758. The van der Waals surface area contributed by atoms with E-state index in [4.69, 9.17) is 14.2 Å². The summed E-state index contributed by atoms with van der Waals surface area (Å²) in [6.45, 7) is 2.63. The highest BCUT2D eigenvalue weighted by Crippen LogP contribution is 2.47. The molecule has 1 aromatic carbocycles. The fourth-order valence-corrected chi connectivity index (χ4v) is 4.29. The van der Waals surface area contributed by atoms with Crippen LogP contribution in [0.5, 0.6) is 11.5 Å². The fourth-order valence-electron chi connectivity index (χ4n) is 4.29. The van der Waals surface area contributed by atoms with Gasteiger partial charge in [-0.2, -0.15) is 0 Å². The number of urea groups is 1. The molecule has 0 aromatic heterocycles. The van der Waals surface area contributed by atoms with Gasteiger partial charge in [0.2, 0.25) is 0 Å². The van der Waals surface area contributed by atoms with Crippen LogP contribution in [0.25, 0.3) is 5.57 Å². The fraction of sp³-hybridized carbons (Fsp3) is 0.524. The number of rotatable bonds is 6. The first-order valence-electron chi connectivity index (χ1n) is 9.66. The minimum Gasteiger partial charge on any atom is -0.493 e. The van der Waals surface area contributed by atoms with E-state index in [1.165, 1.54) is 7.11 Å². The zero-order valence-electron chi connectivity index (χ0n) is 16.9. The third kappa shape index (κ3) is 3.41. The van der Waals surface area contributed by atoms with Crippen molar-refractivity contribution in [1.29, 1.82) is 0 Å². The minimum absolute atomic E-state index is 0.0427. The van der Waals surface area contributed by atoms with Gasteiger partial charge in [-0.05, 0) is 37.3 Å². The number of benzene rings is 1. The van der Waals surface area contributed by atoms with Crippen LogP contribution in [0.15, 0.2) is 23.8 Å². The first-order valence-corrected chi connectivity index (χ1v) is 9.66. The lowest BCUT2D eigenvalue weighted by atomic mass is 9.88. The van der Waals surface area contributed by atoms with Crippen LogP contribution in [0.1, 0.15) is 38.2 Å². The van der Waals surface area contributed by atoms with E-state index in [0.717, 1.165) is 30.4 Å². The Bertz CT molecular complexity index is 789. The number of carbonyl (C=O) groups excluding carboxylic acids is 2. The SMILES string of the molecule is CCCNC(=O)N1C2CCC1C(C(=O)OC)=C(c1cccc(OC)c1OC)C2. The second-order valence-corrected chi connectivity index (χ2v) is 7.02. The van der Waals surface area contributed by atoms with E-state index in [9.17, 15) is 9.59 Å². The van der Waals surface area contributed by atoms with Crippen LogP contribution in [-0.4, -0.2) is 56.9 Å². The van der Waals surface area contributed by atoms with Gasteiger partial charge in [-0.15, -0.1) is 0 Å². The minimum atomic E-state index is -0.404. The summed E-state index contributed by atoms with van der Waals surface area (Å²) in [5, 5.41) is 2.94. The molecule has 1 aromatic rings. The number of para-hydroxylation sites is 1. The summed E-state index contributed by atoms with van der Waals surface area (Å²) in [4.78, 5) is 27.3. The maximum Gasteiger partial charge on any atom is 0.336 e. The monoisotopic (exact) mass is 388 g/mol. The summed E-state index contributed by atoms with van der Waals surface area (Å²) in [5.41, 5.74) is 2.22. The molecule has 2 atom stereocenters. The lowest BCUT2D eigenvalue weighted by Crippen LogP contribution is -2.51. The lowest BCUT2D eigenvalue weighted by Gasteiger charge is -2.37. The molecule has 7 nitrogen and oxygen atoms in total. The summed E-state index contributed by atoms with van der Waals surface area (Å²) < 4.78 is 16.1. The van der Waals surface area contributed by atoms with Crippen molar-refractivity contribution in [3.8, 4) is 11.5 Å². The molecule has 3 rings (SSSR count). The van der Waals surface area contributed by atoms with Crippen molar-refractivity contribution >= 4 is 17.6 Å². The summed E-state index contributed by atoms with van der Waals surface area (Å²) in [6.07, 6.45) is 3.02. The van der Waals surface area contributed by atoms with Gasteiger partial charge < -0.3 is 24.4 Å². The van der Waals surface area contributed by atoms with Crippen LogP contribution in [0, 0.1) is 0 Å². The van der Waals surface area contributed by atoms with Crippen molar-refractivity contribution in [2.75, 3.05) is 27.9 Å². The van der Waals surface area contributed by atoms with Gasteiger partial charge in [0, 0.05) is 18.2 Å². The molecule has 0 spiro atoms. The largest absolute Gasteiger partial charge is 0.493 e. The number of hydrogen-bond acceptors (Lipinski definition) is 5. The van der Waals surface area contributed by atoms with E-state index in [2.05, 4.69) is 5.32 Å². The molecule has 2 aliphatic heterocycles. The van der Waals surface area contributed by atoms with Gasteiger partial charge in [0.05, 0.1) is 32.9 Å². The Morgan fingerprint density at radius 3 is 2.61 bits per heavy atom. The molecule has 7 heteroatoms. The van der Waals surface area contributed by atoms with Gasteiger partial charge in [0.1, 0.15) is 0 Å². The normalized spacial score (nSPS) is 20.8. The zero-order valence-corrected chi connectivity index (χ0v) is 16.9. The topological polar surface area (TPSA) is 77.1 Å². The summed E-state index contributed by atoms with van der Waals surface area (Å²) in [6, 6.07) is 5.25. The van der Waals surface area contributed by atoms with Crippen LogP contribution in [0.2, 0.25) is 0 Å². The molecule has 28 heavy (non-hydrogen) atoms. The summed E-state index contributed by atoms with van der Waals surface area (Å²) in [7, 11) is 4.54. The number of hydrogen-bond donors (Lipinski definition) is 1. The van der Waals surface area contributed by atoms with Crippen molar-refractivity contribution in [3.63, 3.8) is 0 Å². The molecule has 2 unspecified atom stereocenters. The molecule has 2 amide bonds. The number of amides is 2. The average Bonchev–Trinajstić information content (AvgIpc) is 3.04. The molecule has 2 bridgehead atoms. The second kappa shape index (κ2) is 8.54. The Morgan fingerprint density at radius 1 is 1.18 bits per heavy atom. The molecule has 1 fully saturated rings. The number of nitrogens with one attached hydrogen (secondary N) is 1. The molecular formula is C21H28N2O5. The predicted octanol–water partition coefficient (Wildman–Crippen LogP) is 2.99. The Morgan fingerprint density at radius 2 is 1.96 bits per heavy atom. The lowest BCUT2D eigenvalue weighted by molar-refractivity contribution is -0.136. The average molecular weight is 388 g/mol. The molecular weight excluding hydrogens is 360 g/mol. The van der Waals surface area contributed by atoms with Crippen molar-refractivity contribution in [2.45, 2.75) is 44.7 Å². The molecule has 0 radical (unpaired) electrons. The van der Waals surface area contributed by atoms with E-state index in [1.54, 1.807) is 14.2 Å². The number of carbonyl (C=O) groups is 2. The van der Waals surface area contributed by atoms with Crippen LogP contribution in [0.3, 0.4) is 0 Å². The number of esters is 1. The first kappa shape index (κ1) is 20.0. The van der Waals surface area contributed by atoms with Crippen LogP contribution in [-0.2, 0) is 9.53 Å². The molecule has 0 saturated carbocycles. The van der Waals surface area contributed by atoms with Gasteiger partial charge in [-0.1, -0.05) is 19.1 Å². The van der Waals surface area contributed by atoms with E-state index < -0.39 is 5.97 Å².